The first kappa shape index (κ1) is 13.3. The molecule has 1 saturated heterocycles. The maximum absolute atomic E-state index is 12.3. The molecule has 0 radical (unpaired) electrons. The maximum Gasteiger partial charge on any atom is 0.251 e. The van der Waals surface area contributed by atoms with Gasteiger partial charge in [0.2, 0.25) is 0 Å². The van der Waals surface area contributed by atoms with Crippen LogP contribution in [0.2, 0.25) is 0 Å². The first-order valence-electron chi connectivity index (χ1n) is 5.40. The van der Waals surface area contributed by atoms with E-state index in [0.717, 1.165) is 31.2 Å². The molecule has 0 N–H and O–H groups in total. The first-order chi connectivity index (χ1) is 7.22. The van der Waals surface area contributed by atoms with Crippen molar-refractivity contribution in [3.05, 3.63) is 0 Å². The number of halogens is 3. The highest BCUT2D eigenvalue weighted by atomic mass is 79.9. The van der Waals surface area contributed by atoms with Crippen molar-refractivity contribution in [2.45, 2.75) is 31.8 Å². The predicted octanol–water partition coefficient (Wildman–Crippen LogP) is 2.52. The lowest BCUT2D eigenvalue weighted by atomic mass is 10.1. The van der Waals surface area contributed by atoms with E-state index < -0.39 is 6.43 Å². The Bertz CT molecular complexity index is 166. The minimum absolute atomic E-state index is 0.147. The number of rotatable bonds is 6. The van der Waals surface area contributed by atoms with Crippen LogP contribution in [-0.4, -0.2) is 49.0 Å². The second kappa shape index (κ2) is 7.52. The van der Waals surface area contributed by atoms with Gasteiger partial charge in [0.1, 0.15) is 0 Å². The smallest absolute Gasteiger partial charge is 0.251 e. The molecule has 0 amide bonds. The zero-order valence-corrected chi connectivity index (χ0v) is 10.4. The van der Waals surface area contributed by atoms with E-state index in [1.165, 1.54) is 0 Å². The van der Waals surface area contributed by atoms with Crippen molar-refractivity contribution >= 4 is 15.9 Å². The van der Waals surface area contributed by atoms with Gasteiger partial charge >= 0.3 is 0 Å². The molecule has 1 atom stereocenters. The Labute approximate surface area is 98.1 Å². The molecule has 2 nitrogen and oxygen atoms in total. The molecule has 5 heteroatoms. The fourth-order valence-electron chi connectivity index (χ4n) is 1.81. The monoisotopic (exact) mass is 285 g/mol. The van der Waals surface area contributed by atoms with Gasteiger partial charge in [-0.3, -0.25) is 4.90 Å². The van der Waals surface area contributed by atoms with Gasteiger partial charge in [-0.1, -0.05) is 15.9 Å². The highest BCUT2D eigenvalue weighted by Crippen LogP contribution is 2.14. The van der Waals surface area contributed by atoms with Crippen molar-refractivity contribution < 1.29 is 13.5 Å². The molecule has 0 saturated carbocycles. The Morgan fingerprint density at radius 3 is 2.73 bits per heavy atom. The van der Waals surface area contributed by atoms with Crippen LogP contribution in [0.25, 0.3) is 0 Å². The number of nitrogens with zero attached hydrogens (tertiary/aromatic N) is 1. The van der Waals surface area contributed by atoms with Crippen LogP contribution in [0.5, 0.6) is 0 Å². The van der Waals surface area contributed by atoms with E-state index >= 15 is 0 Å². The number of ether oxygens (including phenoxy) is 1. The standard InChI is InChI=1S/C10H18BrF2NO/c11-4-5-14(8-10(12)13)7-9-3-1-2-6-15-9/h9-10H,1-8H2. The minimum Gasteiger partial charge on any atom is -0.377 e. The summed E-state index contributed by atoms with van der Waals surface area (Å²) in [6, 6.07) is 0. The summed E-state index contributed by atoms with van der Waals surface area (Å²) in [5.74, 6) is 0. The molecule has 0 spiro atoms. The Morgan fingerprint density at radius 2 is 2.20 bits per heavy atom. The molecule has 0 aliphatic carbocycles. The summed E-state index contributed by atoms with van der Waals surface area (Å²) < 4.78 is 30.1. The van der Waals surface area contributed by atoms with Crippen LogP contribution < -0.4 is 0 Å². The quantitative estimate of drug-likeness (QED) is 0.696. The molecule has 15 heavy (non-hydrogen) atoms. The van der Waals surface area contributed by atoms with Gasteiger partial charge < -0.3 is 4.74 Å². The minimum atomic E-state index is -2.26. The Balaban J connectivity index is 2.28. The molecule has 90 valence electrons. The summed E-state index contributed by atoms with van der Waals surface area (Å²) in [6.45, 7) is 1.92. The highest BCUT2D eigenvalue weighted by molar-refractivity contribution is 9.09. The van der Waals surface area contributed by atoms with Gasteiger partial charge in [-0.05, 0) is 19.3 Å². The average Bonchev–Trinajstić information content (AvgIpc) is 2.18. The van der Waals surface area contributed by atoms with E-state index in [9.17, 15) is 8.78 Å². The lowest BCUT2D eigenvalue weighted by Crippen LogP contribution is -2.39. The van der Waals surface area contributed by atoms with Gasteiger partial charge in [0.05, 0.1) is 12.6 Å². The Hall–Kier alpha value is 0.260. The molecule has 1 aliphatic heterocycles. The first-order valence-corrected chi connectivity index (χ1v) is 6.52. The molecule has 0 aromatic heterocycles. The lowest BCUT2D eigenvalue weighted by Gasteiger charge is -2.29. The SMILES string of the molecule is FC(F)CN(CCBr)CC1CCCCO1. The van der Waals surface area contributed by atoms with Crippen molar-refractivity contribution in [3.8, 4) is 0 Å². The molecule has 1 unspecified atom stereocenters. The summed E-state index contributed by atoms with van der Waals surface area (Å²) >= 11 is 3.28. The van der Waals surface area contributed by atoms with Crippen molar-refractivity contribution in [1.82, 2.24) is 4.90 Å². The molecular weight excluding hydrogens is 268 g/mol. The van der Waals surface area contributed by atoms with E-state index in [0.29, 0.717) is 13.1 Å². The number of hydrogen-bond acceptors (Lipinski definition) is 2. The van der Waals surface area contributed by atoms with Gasteiger partial charge in [0.15, 0.2) is 0 Å². The van der Waals surface area contributed by atoms with Crippen LogP contribution in [0.1, 0.15) is 19.3 Å². The second-order valence-electron chi connectivity index (χ2n) is 3.83. The Kier molecular flexibility index (Phi) is 6.68. The van der Waals surface area contributed by atoms with E-state index in [1.54, 1.807) is 4.90 Å². The van der Waals surface area contributed by atoms with Crippen LogP contribution in [0.3, 0.4) is 0 Å². The van der Waals surface area contributed by atoms with Crippen molar-refractivity contribution in [1.29, 1.82) is 0 Å². The van der Waals surface area contributed by atoms with Gasteiger partial charge in [0.25, 0.3) is 6.43 Å². The van der Waals surface area contributed by atoms with E-state index in [2.05, 4.69) is 15.9 Å². The summed E-state index contributed by atoms with van der Waals surface area (Å²) in [4.78, 5) is 1.77. The van der Waals surface area contributed by atoms with Crippen LogP contribution in [0, 0.1) is 0 Å². The molecule has 1 heterocycles. The molecule has 0 bridgehead atoms. The third-order valence-corrected chi connectivity index (χ3v) is 2.89. The van der Waals surface area contributed by atoms with Crippen LogP contribution >= 0.6 is 15.9 Å². The van der Waals surface area contributed by atoms with Crippen LogP contribution in [0.15, 0.2) is 0 Å². The third-order valence-electron chi connectivity index (χ3n) is 2.53. The molecule has 0 aromatic carbocycles. The summed E-state index contributed by atoms with van der Waals surface area (Å²) in [6.07, 6.45) is 1.15. The largest absolute Gasteiger partial charge is 0.377 e. The van der Waals surface area contributed by atoms with Gasteiger partial charge in [-0.25, -0.2) is 8.78 Å². The number of hydrogen-bond donors (Lipinski definition) is 0. The molecule has 1 aliphatic rings. The van der Waals surface area contributed by atoms with E-state index in [-0.39, 0.29) is 12.6 Å². The summed E-state index contributed by atoms with van der Waals surface area (Å²) in [5, 5.41) is 0.729. The normalized spacial score (nSPS) is 22.6. The Morgan fingerprint density at radius 1 is 1.40 bits per heavy atom. The number of alkyl halides is 3. The van der Waals surface area contributed by atoms with Crippen LogP contribution in [-0.2, 0) is 4.74 Å². The van der Waals surface area contributed by atoms with Gasteiger partial charge in [-0.2, -0.15) is 0 Å². The summed E-state index contributed by atoms with van der Waals surface area (Å²) in [7, 11) is 0. The second-order valence-corrected chi connectivity index (χ2v) is 4.62. The maximum atomic E-state index is 12.3. The lowest BCUT2D eigenvalue weighted by molar-refractivity contribution is -0.0148. The van der Waals surface area contributed by atoms with Crippen LogP contribution in [0.4, 0.5) is 8.78 Å². The summed E-state index contributed by atoms with van der Waals surface area (Å²) in [5.41, 5.74) is 0. The van der Waals surface area contributed by atoms with Crippen molar-refractivity contribution in [2.24, 2.45) is 0 Å². The topological polar surface area (TPSA) is 12.5 Å². The van der Waals surface area contributed by atoms with E-state index in [4.69, 9.17) is 4.74 Å². The molecule has 1 rings (SSSR count). The van der Waals surface area contributed by atoms with Gasteiger partial charge in [-0.15, -0.1) is 0 Å². The average molecular weight is 286 g/mol. The highest BCUT2D eigenvalue weighted by Gasteiger charge is 2.19. The van der Waals surface area contributed by atoms with Crippen molar-refractivity contribution in [3.63, 3.8) is 0 Å². The van der Waals surface area contributed by atoms with Crippen molar-refractivity contribution in [2.75, 3.05) is 31.6 Å². The third kappa shape index (κ3) is 5.78. The predicted molar refractivity (Wildman–Crippen MR) is 59.8 cm³/mol. The van der Waals surface area contributed by atoms with E-state index in [1.807, 2.05) is 0 Å². The fourth-order valence-corrected chi connectivity index (χ4v) is 2.31. The fraction of sp³-hybridized carbons (Fsp3) is 1.00. The molecule has 0 aromatic rings. The zero-order valence-electron chi connectivity index (χ0n) is 8.80. The molecular formula is C10H18BrF2NO. The van der Waals surface area contributed by atoms with Gasteiger partial charge in [0, 0.05) is 25.0 Å². The molecule has 1 fully saturated rings. The zero-order chi connectivity index (χ0) is 11.1.